The van der Waals surface area contributed by atoms with Gasteiger partial charge in [0.1, 0.15) is 0 Å². The Morgan fingerprint density at radius 1 is 1.43 bits per heavy atom. The van der Waals surface area contributed by atoms with Gasteiger partial charge in [-0.2, -0.15) is 13.2 Å². The molecule has 0 aliphatic heterocycles. The Bertz CT molecular complexity index is 72.7. The van der Waals surface area contributed by atoms with E-state index in [1.165, 1.54) is 0 Å². The molecule has 0 aromatic carbocycles. The zero-order chi connectivity index (χ0) is 5.91. The van der Waals surface area contributed by atoms with Gasteiger partial charge in [-0.15, -0.1) is 0 Å². The highest BCUT2D eigenvalue weighted by molar-refractivity contribution is 5.62. The predicted molar refractivity (Wildman–Crippen MR) is 20.2 cm³/mol. The van der Waals surface area contributed by atoms with Crippen LogP contribution in [0.3, 0.4) is 0 Å². The number of halogens is 3. The third-order valence-corrected chi connectivity index (χ3v) is 0.275. The summed E-state index contributed by atoms with van der Waals surface area (Å²) in [5.74, 6) is 0. The van der Waals surface area contributed by atoms with Gasteiger partial charge in [0.15, 0.2) is 0 Å². The maximum atomic E-state index is 10.9. The molecule has 0 saturated carbocycles. The van der Waals surface area contributed by atoms with Crippen LogP contribution in [0, 0.1) is 0 Å². The van der Waals surface area contributed by atoms with Crippen LogP contribution in [0.5, 0.6) is 0 Å². The summed E-state index contributed by atoms with van der Waals surface area (Å²) in [5.41, 5.74) is 0. The highest BCUT2D eigenvalue weighted by atomic mass is 19.4. The fraction of sp³-hybridized carbons (Fsp3) is 0.667. The van der Waals surface area contributed by atoms with E-state index in [1.807, 2.05) is 0 Å². The van der Waals surface area contributed by atoms with E-state index in [0.29, 0.717) is 0 Å². The van der Waals surface area contributed by atoms with Gasteiger partial charge in [-0.3, -0.25) is 0 Å². The first-order valence-electron chi connectivity index (χ1n) is 1.56. The molecule has 0 atom stereocenters. The lowest BCUT2D eigenvalue weighted by Gasteiger charge is -1.85. The Morgan fingerprint density at radius 3 is 1.86 bits per heavy atom. The molecule has 1 radical (unpaired) electrons. The second kappa shape index (κ2) is 1.95. The van der Waals surface area contributed by atoms with Crippen molar-refractivity contribution in [3.05, 3.63) is 0 Å². The maximum absolute atomic E-state index is 10.9. The Hall–Kier alpha value is -0.540. The highest BCUT2D eigenvalue weighted by Crippen LogP contribution is 2.08. The minimum atomic E-state index is -4.24. The van der Waals surface area contributed by atoms with E-state index in [-0.39, 0.29) is 6.21 Å². The van der Waals surface area contributed by atoms with Gasteiger partial charge >= 0.3 is 12.4 Å². The van der Waals surface area contributed by atoms with Crippen LogP contribution in [0.2, 0.25) is 0 Å². The maximum Gasteiger partial charge on any atom is 0.476 e. The van der Waals surface area contributed by atoms with Gasteiger partial charge in [-0.05, 0) is 0 Å². The fourth-order valence-electron chi connectivity index (χ4n) is 0.146. The van der Waals surface area contributed by atoms with E-state index < -0.39 is 6.18 Å². The van der Waals surface area contributed by atoms with Crippen LogP contribution in [0.1, 0.15) is 0 Å². The topological polar surface area (TPSA) is 14.1 Å². The summed E-state index contributed by atoms with van der Waals surface area (Å²) in [6.07, 6.45) is -4.30. The van der Waals surface area contributed by atoms with E-state index in [1.54, 1.807) is 0 Å². The second-order valence-corrected chi connectivity index (χ2v) is 0.929. The molecule has 0 rings (SSSR count). The normalized spacial score (nSPS) is 13.1. The molecule has 0 fully saturated rings. The smallest absolute Gasteiger partial charge is 0.161 e. The molecule has 0 aliphatic rings. The summed E-state index contributed by atoms with van der Waals surface area (Å²) in [7, 11) is 1.08. The molecule has 0 aromatic heterocycles. The third kappa shape index (κ3) is 5.46. The number of alkyl halides is 3. The standard InChI is InChI=1S/C3H4F3N/c1-7-2-3(4,5)6/h2H,1H3/q+1. The second-order valence-electron chi connectivity index (χ2n) is 0.929. The van der Waals surface area contributed by atoms with Crippen molar-refractivity contribution < 1.29 is 13.2 Å². The summed E-state index contributed by atoms with van der Waals surface area (Å²) in [5, 5.41) is 0. The van der Waals surface area contributed by atoms with Crippen molar-refractivity contribution in [2.45, 2.75) is 6.18 Å². The van der Waals surface area contributed by atoms with Crippen molar-refractivity contribution in [3.8, 4) is 0 Å². The Kier molecular flexibility index (Phi) is 1.80. The van der Waals surface area contributed by atoms with E-state index >= 15 is 0 Å². The minimum Gasteiger partial charge on any atom is -0.161 e. The SMILES string of the molecule is C[N+]=CC(F)(F)F. The van der Waals surface area contributed by atoms with E-state index in [2.05, 4.69) is 4.99 Å². The van der Waals surface area contributed by atoms with Crippen LogP contribution in [-0.4, -0.2) is 19.4 Å². The summed E-state index contributed by atoms with van der Waals surface area (Å²) < 4.78 is 32.7. The molecule has 41 valence electrons. The molecule has 1 nitrogen and oxygen atoms in total. The zero-order valence-corrected chi connectivity index (χ0v) is 3.66. The fourth-order valence-corrected chi connectivity index (χ4v) is 0.146. The van der Waals surface area contributed by atoms with Crippen LogP contribution >= 0.6 is 0 Å². The van der Waals surface area contributed by atoms with E-state index in [9.17, 15) is 13.2 Å². The van der Waals surface area contributed by atoms with E-state index in [0.717, 1.165) is 7.05 Å². The van der Waals surface area contributed by atoms with Crippen molar-refractivity contribution >= 4 is 6.21 Å². The molecular formula is C3H4F3N+. The van der Waals surface area contributed by atoms with Crippen molar-refractivity contribution in [1.29, 1.82) is 0 Å². The van der Waals surface area contributed by atoms with Crippen LogP contribution in [0.4, 0.5) is 13.2 Å². The third-order valence-electron chi connectivity index (χ3n) is 0.275. The molecule has 0 aliphatic carbocycles. The van der Waals surface area contributed by atoms with Gasteiger partial charge in [-0.1, -0.05) is 0 Å². The quantitative estimate of drug-likeness (QED) is 0.406. The molecule has 0 heterocycles. The molecule has 0 N–H and O–H groups in total. The van der Waals surface area contributed by atoms with E-state index in [4.69, 9.17) is 0 Å². The summed E-state index contributed by atoms with van der Waals surface area (Å²) in [6, 6.07) is 0. The average molecular weight is 111 g/mol. The number of nitrogens with zero attached hydrogens (tertiary/aromatic N) is 1. The van der Waals surface area contributed by atoms with Gasteiger partial charge in [0.05, 0.1) is 0 Å². The summed E-state index contributed by atoms with van der Waals surface area (Å²) in [4.78, 5) is 2.76. The molecule has 0 saturated heterocycles. The number of rotatable bonds is 0. The molecular weight excluding hydrogens is 107 g/mol. The highest BCUT2D eigenvalue weighted by Gasteiger charge is 2.29. The van der Waals surface area contributed by atoms with Gasteiger partial charge in [0.25, 0.3) is 0 Å². The first-order valence-corrected chi connectivity index (χ1v) is 1.56. The predicted octanol–water partition coefficient (Wildman–Crippen LogP) is 0.585. The van der Waals surface area contributed by atoms with Crippen molar-refractivity contribution in [1.82, 2.24) is 4.99 Å². The van der Waals surface area contributed by atoms with Crippen molar-refractivity contribution in [3.63, 3.8) is 0 Å². The molecule has 0 amide bonds. The first-order chi connectivity index (χ1) is 3.06. The minimum absolute atomic E-state index is 0.0625. The van der Waals surface area contributed by atoms with Crippen LogP contribution < -0.4 is 4.99 Å². The molecule has 0 unspecified atom stereocenters. The van der Waals surface area contributed by atoms with Crippen molar-refractivity contribution in [2.24, 2.45) is 0 Å². The van der Waals surface area contributed by atoms with Gasteiger partial charge in [-0.25, -0.2) is 0 Å². The lowest BCUT2D eigenvalue weighted by molar-refractivity contribution is -0.0541. The Morgan fingerprint density at radius 2 is 1.86 bits per heavy atom. The lowest BCUT2D eigenvalue weighted by atomic mass is 10.7. The lowest BCUT2D eigenvalue weighted by Crippen LogP contribution is -2.11. The average Bonchev–Trinajstić information content (AvgIpc) is 1.30. The molecule has 7 heavy (non-hydrogen) atoms. The molecule has 0 spiro atoms. The summed E-state index contributed by atoms with van der Waals surface area (Å²) >= 11 is 0. The first kappa shape index (κ1) is 6.46. The molecule has 0 bridgehead atoms. The Balaban J connectivity index is 3.56. The van der Waals surface area contributed by atoms with Crippen LogP contribution in [0.15, 0.2) is 0 Å². The van der Waals surface area contributed by atoms with Gasteiger partial charge in [0.2, 0.25) is 7.05 Å². The molecule has 4 heteroatoms. The summed E-state index contributed by atoms with van der Waals surface area (Å²) in [6.45, 7) is 0. The van der Waals surface area contributed by atoms with Gasteiger partial charge in [0, 0.05) is 4.99 Å². The monoisotopic (exact) mass is 111 g/mol. The van der Waals surface area contributed by atoms with Crippen LogP contribution in [0.25, 0.3) is 0 Å². The van der Waals surface area contributed by atoms with Gasteiger partial charge < -0.3 is 0 Å². The Labute approximate surface area is 38.9 Å². The van der Waals surface area contributed by atoms with Crippen LogP contribution in [-0.2, 0) is 0 Å². The number of hydrogen-bond acceptors (Lipinski definition) is 1. The number of aliphatic imine (C=N–C) groups is 1. The van der Waals surface area contributed by atoms with Crippen molar-refractivity contribution in [2.75, 3.05) is 7.05 Å². The largest absolute Gasteiger partial charge is 0.476 e. The molecule has 0 aromatic rings. The zero-order valence-electron chi connectivity index (χ0n) is 3.66. The number of hydrogen-bond donors (Lipinski definition) is 0.